The molecule has 2 unspecified atom stereocenters. The van der Waals surface area contributed by atoms with Gasteiger partial charge in [0, 0.05) is 17.4 Å². The largest absolute Gasteiger partial charge is 0.497 e. The first-order valence-electron chi connectivity index (χ1n) is 7.00. The maximum absolute atomic E-state index is 11.3. The normalized spacial score (nSPS) is 22.9. The Morgan fingerprint density at radius 1 is 1.48 bits per heavy atom. The van der Waals surface area contributed by atoms with Crippen molar-refractivity contribution < 1.29 is 9.53 Å². The predicted octanol–water partition coefficient (Wildman–Crippen LogP) is 2.85. The maximum Gasteiger partial charge on any atom is 0.234 e. The van der Waals surface area contributed by atoms with Gasteiger partial charge in [0.15, 0.2) is 0 Å². The Morgan fingerprint density at radius 3 is 2.86 bits per heavy atom. The van der Waals surface area contributed by atoms with Gasteiger partial charge in [0.25, 0.3) is 0 Å². The molecule has 0 aliphatic carbocycles. The minimum absolute atomic E-state index is 0.0547. The Hall–Kier alpha value is -1.46. The minimum atomic E-state index is 0.0547. The molecule has 1 aromatic rings. The fourth-order valence-corrected chi connectivity index (χ4v) is 3.15. The standard InChI is InChI=1S/C16H22N2O2S/c1-10(7-14-11(2)8-16(19)18-17-14)13-6-5-12(20-3)9-15(13)21-4/h5-7,9,11,14,17H,8H2,1-4H3,(H,18,19)/b10-7+. The number of thioether (sulfide) groups is 1. The van der Waals surface area contributed by atoms with Crippen molar-refractivity contribution in [2.24, 2.45) is 5.92 Å². The SMILES string of the molecule is COc1ccc(/C(C)=C/C2NNC(=O)CC2C)c(SC)c1. The molecule has 2 rings (SSSR count). The molecule has 1 aromatic carbocycles. The van der Waals surface area contributed by atoms with Crippen molar-refractivity contribution in [2.45, 2.75) is 31.2 Å². The Morgan fingerprint density at radius 2 is 2.24 bits per heavy atom. The molecule has 0 bridgehead atoms. The average Bonchev–Trinajstić information content (AvgIpc) is 2.49. The van der Waals surface area contributed by atoms with Crippen LogP contribution in [-0.2, 0) is 4.79 Å². The minimum Gasteiger partial charge on any atom is -0.497 e. The Bertz CT molecular complexity index is 557. The fraction of sp³-hybridized carbons (Fsp3) is 0.438. The molecule has 2 N–H and O–H groups in total. The van der Waals surface area contributed by atoms with Crippen LogP contribution >= 0.6 is 11.8 Å². The topological polar surface area (TPSA) is 50.4 Å². The van der Waals surface area contributed by atoms with Gasteiger partial charge in [-0.25, -0.2) is 5.43 Å². The van der Waals surface area contributed by atoms with Gasteiger partial charge in [0.05, 0.1) is 7.11 Å². The summed E-state index contributed by atoms with van der Waals surface area (Å²) >= 11 is 1.71. The average molecular weight is 306 g/mol. The summed E-state index contributed by atoms with van der Waals surface area (Å²) in [5.74, 6) is 1.20. The molecule has 21 heavy (non-hydrogen) atoms. The third kappa shape index (κ3) is 3.80. The first-order valence-corrected chi connectivity index (χ1v) is 8.22. The second-order valence-electron chi connectivity index (χ2n) is 5.32. The highest BCUT2D eigenvalue weighted by molar-refractivity contribution is 7.98. The third-order valence-corrected chi connectivity index (χ3v) is 4.54. The van der Waals surface area contributed by atoms with Crippen LogP contribution in [0.1, 0.15) is 25.8 Å². The molecular weight excluding hydrogens is 284 g/mol. The van der Waals surface area contributed by atoms with Gasteiger partial charge in [0.1, 0.15) is 5.75 Å². The van der Waals surface area contributed by atoms with Crippen LogP contribution in [0.15, 0.2) is 29.2 Å². The lowest BCUT2D eigenvalue weighted by atomic mass is 9.93. The molecule has 114 valence electrons. The number of carbonyl (C=O) groups is 1. The lowest BCUT2D eigenvalue weighted by molar-refractivity contribution is -0.125. The van der Waals surface area contributed by atoms with Crippen molar-refractivity contribution in [3.8, 4) is 5.75 Å². The molecule has 0 aromatic heterocycles. The second kappa shape index (κ2) is 7.00. The zero-order chi connectivity index (χ0) is 15.4. The van der Waals surface area contributed by atoms with Gasteiger partial charge in [-0.1, -0.05) is 13.0 Å². The lowest BCUT2D eigenvalue weighted by Crippen LogP contribution is -2.52. The van der Waals surface area contributed by atoms with E-state index < -0.39 is 0 Å². The number of methoxy groups -OCH3 is 1. The van der Waals surface area contributed by atoms with E-state index in [0.717, 1.165) is 5.75 Å². The number of benzene rings is 1. The summed E-state index contributed by atoms with van der Waals surface area (Å²) in [4.78, 5) is 12.5. The summed E-state index contributed by atoms with van der Waals surface area (Å²) in [7, 11) is 1.68. The number of allylic oxidation sites excluding steroid dienone is 1. The summed E-state index contributed by atoms with van der Waals surface area (Å²) in [5, 5.41) is 0. The number of rotatable bonds is 4. The zero-order valence-electron chi connectivity index (χ0n) is 12.9. The smallest absolute Gasteiger partial charge is 0.234 e. The molecule has 0 spiro atoms. The van der Waals surface area contributed by atoms with Crippen molar-refractivity contribution in [1.82, 2.24) is 10.9 Å². The quantitative estimate of drug-likeness (QED) is 0.840. The van der Waals surface area contributed by atoms with E-state index in [1.807, 2.05) is 6.07 Å². The first-order chi connectivity index (χ1) is 10.0. The molecule has 1 aliphatic rings. The Balaban J connectivity index is 2.24. The summed E-state index contributed by atoms with van der Waals surface area (Å²) in [6.45, 7) is 4.19. The first kappa shape index (κ1) is 15.9. The predicted molar refractivity (Wildman–Crippen MR) is 87.3 cm³/mol. The number of hydrogen-bond acceptors (Lipinski definition) is 4. The van der Waals surface area contributed by atoms with E-state index in [9.17, 15) is 4.79 Å². The van der Waals surface area contributed by atoms with Gasteiger partial charge >= 0.3 is 0 Å². The van der Waals surface area contributed by atoms with E-state index in [0.29, 0.717) is 6.42 Å². The fourth-order valence-electron chi connectivity index (χ4n) is 2.47. The van der Waals surface area contributed by atoms with Gasteiger partial charge in [-0.15, -0.1) is 11.8 Å². The highest BCUT2D eigenvalue weighted by Crippen LogP contribution is 2.31. The zero-order valence-corrected chi connectivity index (χ0v) is 13.7. The molecule has 4 nitrogen and oxygen atoms in total. The summed E-state index contributed by atoms with van der Waals surface area (Å²) in [5.41, 5.74) is 8.18. The van der Waals surface area contributed by atoms with E-state index in [-0.39, 0.29) is 17.9 Å². The molecular formula is C16H22N2O2S. The molecule has 1 aliphatic heterocycles. The number of ether oxygens (including phenoxy) is 1. The van der Waals surface area contributed by atoms with Crippen molar-refractivity contribution in [1.29, 1.82) is 0 Å². The summed E-state index contributed by atoms with van der Waals surface area (Å²) in [6.07, 6.45) is 4.80. The molecule has 0 saturated carbocycles. The van der Waals surface area contributed by atoms with Crippen LogP contribution in [-0.4, -0.2) is 25.3 Å². The van der Waals surface area contributed by atoms with E-state index in [2.05, 4.69) is 49.2 Å². The Kier molecular flexibility index (Phi) is 5.31. The second-order valence-corrected chi connectivity index (χ2v) is 6.16. The maximum atomic E-state index is 11.3. The van der Waals surface area contributed by atoms with Gasteiger partial charge in [-0.2, -0.15) is 0 Å². The molecule has 0 radical (unpaired) electrons. The van der Waals surface area contributed by atoms with Gasteiger partial charge in [-0.05, 0) is 48.4 Å². The van der Waals surface area contributed by atoms with Crippen LogP contribution in [0.3, 0.4) is 0 Å². The van der Waals surface area contributed by atoms with Crippen LogP contribution in [0.4, 0.5) is 0 Å². The van der Waals surface area contributed by atoms with Gasteiger partial charge in [0.2, 0.25) is 5.91 Å². The molecule has 2 atom stereocenters. The number of nitrogens with one attached hydrogen (secondary N) is 2. The van der Waals surface area contributed by atoms with Gasteiger partial charge in [-0.3, -0.25) is 10.2 Å². The van der Waals surface area contributed by atoms with Crippen LogP contribution in [0.25, 0.3) is 5.57 Å². The number of hydrazine groups is 1. The number of hydrogen-bond donors (Lipinski definition) is 2. The third-order valence-electron chi connectivity index (χ3n) is 3.76. The van der Waals surface area contributed by atoms with Crippen molar-refractivity contribution in [2.75, 3.05) is 13.4 Å². The van der Waals surface area contributed by atoms with Crippen molar-refractivity contribution in [3.63, 3.8) is 0 Å². The summed E-state index contributed by atoms with van der Waals surface area (Å²) < 4.78 is 5.28. The van der Waals surface area contributed by atoms with Crippen molar-refractivity contribution in [3.05, 3.63) is 29.8 Å². The van der Waals surface area contributed by atoms with Crippen LogP contribution in [0.5, 0.6) is 5.75 Å². The molecule has 1 amide bonds. The van der Waals surface area contributed by atoms with Gasteiger partial charge < -0.3 is 4.74 Å². The van der Waals surface area contributed by atoms with E-state index in [1.54, 1.807) is 18.9 Å². The highest BCUT2D eigenvalue weighted by atomic mass is 32.2. The van der Waals surface area contributed by atoms with Crippen LogP contribution < -0.4 is 15.6 Å². The molecule has 1 heterocycles. The van der Waals surface area contributed by atoms with Crippen LogP contribution in [0.2, 0.25) is 0 Å². The molecule has 5 heteroatoms. The van der Waals surface area contributed by atoms with E-state index in [1.165, 1.54) is 16.0 Å². The van der Waals surface area contributed by atoms with E-state index >= 15 is 0 Å². The lowest BCUT2D eigenvalue weighted by Gasteiger charge is -2.28. The van der Waals surface area contributed by atoms with E-state index in [4.69, 9.17) is 4.74 Å². The number of amides is 1. The molecule has 1 saturated heterocycles. The molecule has 1 fully saturated rings. The van der Waals surface area contributed by atoms with Crippen molar-refractivity contribution >= 4 is 23.2 Å². The summed E-state index contributed by atoms with van der Waals surface area (Å²) in [6, 6.07) is 6.27. The highest BCUT2D eigenvalue weighted by Gasteiger charge is 2.23. The monoisotopic (exact) mass is 306 g/mol. The number of carbonyl (C=O) groups excluding carboxylic acids is 1. The van der Waals surface area contributed by atoms with Crippen LogP contribution in [0, 0.1) is 5.92 Å². The Labute approximate surface area is 130 Å².